The fourth-order valence-electron chi connectivity index (χ4n) is 1.39. The molecule has 3 heteroatoms. The maximum absolute atomic E-state index is 9.15. The summed E-state index contributed by atoms with van der Waals surface area (Å²) in [5, 5.41) is 12.4. The minimum atomic E-state index is 0.267. The van der Waals surface area contributed by atoms with Gasteiger partial charge >= 0.3 is 0 Å². The SMILES string of the molecule is Oc1ccc(Nc2ccc(CCl)cc2)cc1. The van der Waals surface area contributed by atoms with Crippen LogP contribution in [0.5, 0.6) is 5.75 Å². The van der Waals surface area contributed by atoms with Crippen LogP contribution in [0.2, 0.25) is 0 Å². The van der Waals surface area contributed by atoms with Gasteiger partial charge in [0, 0.05) is 17.3 Å². The summed E-state index contributed by atoms with van der Waals surface area (Å²) in [6, 6.07) is 14.9. The van der Waals surface area contributed by atoms with Crippen molar-refractivity contribution in [3.8, 4) is 5.75 Å². The van der Waals surface area contributed by atoms with Gasteiger partial charge in [-0.1, -0.05) is 12.1 Å². The molecule has 0 saturated heterocycles. The molecule has 2 aromatic carbocycles. The van der Waals surface area contributed by atoms with Gasteiger partial charge in [0.05, 0.1) is 0 Å². The van der Waals surface area contributed by atoms with Crippen LogP contribution in [-0.4, -0.2) is 5.11 Å². The van der Waals surface area contributed by atoms with Gasteiger partial charge in [-0.15, -0.1) is 11.6 Å². The number of halogens is 1. The summed E-state index contributed by atoms with van der Waals surface area (Å²) in [5.74, 6) is 0.794. The first-order chi connectivity index (χ1) is 7.78. The first-order valence-corrected chi connectivity index (χ1v) is 5.52. The molecule has 0 aliphatic rings. The average Bonchev–Trinajstić information content (AvgIpc) is 2.33. The second-order valence-corrected chi connectivity index (χ2v) is 3.77. The second kappa shape index (κ2) is 4.90. The van der Waals surface area contributed by atoms with Crippen molar-refractivity contribution in [1.82, 2.24) is 0 Å². The molecule has 0 unspecified atom stereocenters. The number of nitrogens with one attached hydrogen (secondary N) is 1. The number of phenols is 1. The fraction of sp³-hybridized carbons (Fsp3) is 0.0769. The van der Waals surface area contributed by atoms with E-state index in [0.717, 1.165) is 16.9 Å². The van der Waals surface area contributed by atoms with E-state index in [2.05, 4.69) is 5.32 Å². The van der Waals surface area contributed by atoms with E-state index in [9.17, 15) is 0 Å². The quantitative estimate of drug-likeness (QED) is 0.623. The first-order valence-electron chi connectivity index (χ1n) is 4.99. The van der Waals surface area contributed by atoms with Crippen molar-refractivity contribution in [1.29, 1.82) is 0 Å². The maximum Gasteiger partial charge on any atom is 0.115 e. The molecular weight excluding hydrogens is 222 g/mol. The number of hydrogen-bond acceptors (Lipinski definition) is 2. The van der Waals surface area contributed by atoms with Crippen molar-refractivity contribution < 1.29 is 5.11 Å². The largest absolute Gasteiger partial charge is 0.508 e. The van der Waals surface area contributed by atoms with Crippen molar-refractivity contribution in [2.45, 2.75) is 5.88 Å². The molecular formula is C13H12ClNO. The van der Waals surface area contributed by atoms with E-state index in [1.165, 1.54) is 0 Å². The third kappa shape index (κ3) is 2.67. The third-order valence-electron chi connectivity index (χ3n) is 2.26. The summed E-state index contributed by atoms with van der Waals surface area (Å²) in [7, 11) is 0. The molecule has 2 rings (SSSR count). The lowest BCUT2D eigenvalue weighted by Gasteiger charge is -2.06. The van der Waals surface area contributed by atoms with Crippen LogP contribution in [0.1, 0.15) is 5.56 Å². The van der Waals surface area contributed by atoms with Gasteiger partial charge in [0.25, 0.3) is 0 Å². The Balaban J connectivity index is 2.11. The summed E-state index contributed by atoms with van der Waals surface area (Å²) >= 11 is 5.71. The molecule has 0 spiro atoms. The van der Waals surface area contributed by atoms with Gasteiger partial charge in [0.2, 0.25) is 0 Å². The zero-order valence-electron chi connectivity index (χ0n) is 8.65. The van der Waals surface area contributed by atoms with Crippen LogP contribution in [0.4, 0.5) is 11.4 Å². The van der Waals surface area contributed by atoms with Gasteiger partial charge in [0.15, 0.2) is 0 Å². The van der Waals surface area contributed by atoms with Gasteiger partial charge < -0.3 is 10.4 Å². The second-order valence-electron chi connectivity index (χ2n) is 3.50. The molecule has 0 radical (unpaired) electrons. The molecule has 16 heavy (non-hydrogen) atoms. The van der Waals surface area contributed by atoms with E-state index in [1.807, 2.05) is 36.4 Å². The van der Waals surface area contributed by atoms with Gasteiger partial charge in [-0.25, -0.2) is 0 Å². The lowest BCUT2D eigenvalue weighted by Crippen LogP contribution is -1.89. The van der Waals surface area contributed by atoms with Crippen molar-refractivity contribution in [2.24, 2.45) is 0 Å². The Morgan fingerprint density at radius 2 is 1.38 bits per heavy atom. The van der Waals surface area contributed by atoms with Gasteiger partial charge in [0.1, 0.15) is 5.75 Å². The monoisotopic (exact) mass is 233 g/mol. The number of alkyl halides is 1. The summed E-state index contributed by atoms with van der Waals surface area (Å²) in [6.07, 6.45) is 0. The highest BCUT2D eigenvalue weighted by Gasteiger charge is 1.95. The molecule has 0 saturated carbocycles. The van der Waals surface area contributed by atoms with Gasteiger partial charge in [-0.05, 0) is 42.0 Å². The highest BCUT2D eigenvalue weighted by Crippen LogP contribution is 2.19. The molecule has 0 heterocycles. The van der Waals surface area contributed by atoms with Gasteiger partial charge in [-0.3, -0.25) is 0 Å². The van der Waals surface area contributed by atoms with E-state index >= 15 is 0 Å². The minimum Gasteiger partial charge on any atom is -0.508 e. The van der Waals surface area contributed by atoms with Crippen LogP contribution < -0.4 is 5.32 Å². The molecule has 0 aliphatic carbocycles. The molecule has 0 atom stereocenters. The first kappa shape index (κ1) is 10.8. The van der Waals surface area contributed by atoms with Crippen LogP contribution >= 0.6 is 11.6 Å². The highest BCUT2D eigenvalue weighted by atomic mass is 35.5. The molecule has 2 aromatic rings. The van der Waals surface area contributed by atoms with Crippen molar-refractivity contribution in [2.75, 3.05) is 5.32 Å². The predicted molar refractivity (Wildman–Crippen MR) is 67.4 cm³/mol. The summed E-state index contributed by atoms with van der Waals surface area (Å²) in [4.78, 5) is 0. The Hall–Kier alpha value is -1.67. The lowest BCUT2D eigenvalue weighted by molar-refractivity contribution is 0.475. The van der Waals surface area contributed by atoms with Crippen LogP contribution in [0.25, 0.3) is 0 Å². The van der Waals surface area contributed by atoms with Crippen LogP contribution in [0.15, 0.2) is 48.5 Å². The summed E-state index contributed by atoms with van der Waals surface area (Å²) < 4.78 is 0. The maximum atomic E-state index is 9.15. The summed E-state index contributed by atoms with van der Waals surface area (Å²) in [5.41, 5.74) is 3.04. The van der Waals surface area contributed by atoms with E-state index in [-0.39, 0.29) is 5.75 Å². The third-order valence-corrected chi connectivity index (χ3v) is 2.57. The minimum absolute atomic E-state index is 0.267. The molecule has 2 N–H and O–H groups in total. The zero-order valence-corrected chi connectivity index (χ0v) is 9.41. The van der Waals surface area contributed by atoms with Crippen LogP contribution in [0, 0.1) is 0 Å². The van der Waals surface area contributed by atoms with Crippen molar-refractivity contribution in [3.05, 3.63) is 54.1 Å². The molecule has 0 bridgehead atoms. The molecule has 0 aromatic heterocycles. The Labute approximate surface area is 99.5 Å². The molecule has 82 valence electrons. The number of benzene rings is 2. The Kier molecular flexibility index (Phi) is 3.32. The topological polar surface area (TPSA) is 32.3 Å². The van der Waals surface area contributed by atoms with E-state index in [1.54, 1.807) is 12.1 Å². The number of aromatic hydroxyl groups is 1. The Bertz CT molecular complexity index is 450. The van der Waals surface area contributed by atoms with Crippen LogP contribution in [0.3, 0.4) is 0 Å². The molecule has 2 nitrogen and oxygen atoms in total. The van der Waals surface area contributed by atoms with E-state index < -0.39 is 0 Å². The highest BCUT2D eigenvalue weighted by molar-refractivity contribution is 6.17. The van der Waals surface area contributed by atoms with E-state index in [0.29, 0.717) is 5.88 Å². The summed E-state index contributed by atoms with van der Waals surface area (Å²) in [6.45, 7) is 0. The van der Waals surface area contributed by atoms with Crippen molar-refractivity contribution >= 4 is 23.0 Å². The zero-order chi connectivity index (χ0) is 11.4. The molecule has 0 fully saturated rings. The standard InChI is InChI=1S/C13H12ClNO/c14-9-10-1-3-11(4-2-10)15-12-5-7-13(16)8-6-12/h1-8,15-16H,9H2. The predicted octanol–water partition coefficient (Wildman–Crippen LogP) is 3.87. The van der Waals surface area contributed by atoms with Crippen molar-refractivity contribution in [3.63, 3.8) is 0 Å². The Morgan fingerprint density at radius 3 is 1.88 bits per heavy atom. The number of rotatable bonds is 3. The smallest absolute Gasteiger partial charge is 0.115 e. The Morgan fingerprint density at radius 1 is 0.875 bits per heavy atom. The molecule has 0 aliphatic heterocycles. The van der Waals surface area contributed by atoms with E-state index in [4.69, 9.17) is 16.7 Å². The van der Waals surface area contributed by atoms with Crippen LogP contribution in [-0.2, 0) is 5.88 Å². The van der Waals surface area contributed by atoms with Gasteiger partial charge in [-0.2, -0.15) is 0 Å². The number of hydrogen-bond donors (Lipinski definition) is 2. The normalized spacial score (nSPS) is 10.1. The fourth-order valence-corrected chi connectivity index (χ4v) is 1.57. The number of anilines is 2. The molecule has 0 amide bonds. The number of phenolic OH excluding ortho intramolecular Hbond substituents is 1. The average molecular weight is 234 g/mol. The lowest BCUT2D eigenvalue weighted by atomic mass is 10.2.